The van der Waals surface area contributed by atoms with Gasteiger partial charge in [-0.25, -0.2) is 4.39 Å². The summed E-state index contributed by atoms with van der Waals surface area (Å²) in [5.41, 5.74) is 12.0. The molecule has 1 atom stereocenters. The lowest BCUT2D eigenvalue weighted by Gasteiger charge is -2.27. The number of hydrogen-bond donors (Lipinski definition) is 3. The van der Waals surface area contributed by atoms with Crippen LogP contribution in [0.3, 0.4) is 0 Å². The Morgan fingerprint density at radius 3 is 2.53 bits per heavy atom. The van der Waals surface area contributed by atoms with Crippen molar-refractivity contribution in [3.63, 3.8) is 0 Å². The second-order valence-electron chi connectivity index (χ2n) is 7.84. The van der Waals surface area contributed by atoms with E-state index in [2.05, 4.69) is 0 Å². The molecule has 1 aliphatic heterocycles. The molecule has 178 valence electrons. The third kappa shape index (κ3) is 4.36. The van der Waals surface area contributed by atoms with Gasteiger partial charge in [-0.15, -0.1) is 0 Å². The number of aliphatic hydroxyl groups excluding tert-OH is 1. The van der Waals surface area contributed by atoms with Gasteiger partial charge < -0.3 is 21.3 Å². The van der Waals surface area contributed by atoms with E-state index in [9.17, 15) is 18.0 Å². The maximum absolute atomic E-state index is 14.9. The van der Waals surface area contributed by atoms with E-state index in [0.29, 0.717) is 5.56 Å². The number of thioether (sulfide) groups is 1. The van der Waals surface area contributed by atoms with Crippen LogP contribution in [0.5, 0.6) is 5.75 Å². The number of amides is 1. The summed E-state index contributed by atoms with van der Waals surface area (Å²) in [5, 5.41) is 5.17. The van der Waals surface area contributed by atoms with Crippen molar-refractivity contribution in [2.45, 2.75) is 22.2 Å². The predicted octanol–water partition coefficient (Wildman–Crippen LogP) is 4.71. The summed E-state index contributed by atoms with van der Waals surface area (Å²) in [6, 6.07) is 14.1. The molecule has 0 aromatic heterocycles. The van der Waals surface area contributed by atoms with Crippen molar-refractivity contribution in [1.82, 2.24) is 0 Å². The zero-order valence-corrected chi connectivity index (χ0v) is 19.2. The molecule has 1 aliphatic rings. The number of carbonyl (C=O) groups excluding carboxylic acids is 1. The number of fused-ring (bicyclic) bond motifs is 1. The van der Waals surface area contributed by atoms with Crippen LogP contribution in [0, 0.1) is 5.82 Å². The Morgan fingerprint density at radius 2 is 1.91 bits per heavy atom. The van der Waals surface area contributed by atoms with Crippen LogP contribution in [0.4, 0.5) is 13.2 Å². The normalized spacial score (nSPS) is 17.4. The smallest absolute Gasteiger partial charge is 0.320 e. The van der Waals surface area contributed by atoms with E-state index in [1.807, 2.05) is 30.3 Å². The summed E-state index contributed by atoms with van der Waals surface area (Å²) in [7, 11) is 0. The number of halogens is 4. The maximum atomic E-state index is 14.9. The number of primary amides is 1. The molecular formula is C24H20ClF3N2O3S. The van der Waals surface area contributed by atoms with E-state index in [1.54, 1.807) is 0 Å². The fraction of sp³-hybridized carbons (Fsp3) is 0.208. The number of rotatable bonds is 7. The largest absolute Gasteiger partial charge is 0.480 e. The van der Waals surface area contributed by atoms with Crippen molar-refractivity contribution in [3.05, 3.63) is 82.1 Å². The first-order chi connectivity index (χ1) is 16.1. The molecule has 5 nitrogen and oxygen atoms in total. The van der Waals surface area contributed by atoms with Crippen LogP contribution < -0.4 is 16.2 Å². The Labute approximate surface area is 202 Å². The van der Waals surface area contributed by atoms with Gasteiger partial charge >= 0.3 is 5.25 Å². The minimum absolute atomic E-state index is 0.0280. The van der Waals surface area contributed by atoms with Crippen LogP contribution in [0.1, 0.15) is 21.5 Å². The van der Waals surface area contributed by atoms with E-state index >= 15 is 0 Å². The Hall–Kier alpha value is -2.72. The zero-order valence-electron chi connectivity index (χ0n) is 17.7. The summed E-state index contributed by atoms with van der Waals surface area (Å²) in [5.74, 6) is -1.48. The Bertz CT molecular complexity index is 1260. The van der Waals surface area contributed by atoms with Crippen LogP contribution in [-0.2, 0) is 12.0 Å². The molecule has 4 rings (SSSR count). The van der Waals surface area contributed by atoms with Gasteiger partial charge in [-0.1, -0.05) is 41.9 Å². The van der Waals surface area contributed by atoms with Gasteiger partial charge in [0.1, 0.15) is 18.2 Å². The van der Waals surface area contributed by atoms with Crippen LogP contribution in [0.15, 0.2) is 59.5 Å². The minimum atomic E-state index is -3.47. The molecule has 5 N–H and O–H groups in total. The van der Waals surface area contributed by atoms with E-state index in [0.717, 1.165) is 11.6 Å². The summed E-state index contributed by atoms with van der Waals surface area (Å²) in [4.78, 5) is 12.2. The van der Waals surface area contributed by atoms with Crippen LogP contribution in [0.25, 0.3) is 11.1 Å². The Morgan fingerprint density at radius 1 is 1.21 bits per heavy atom. The highest BCUT2D eigenvalue weighted by Crippen LogP contribution is 2.50. The first kappa shape index (κ1) is 24.4. The lowest BCUT2D eigenvalue weighted by molar-refractivity contribution is 0.0362. The monoisotopic (exact) mass is 508 g/mol. The molecule has 1 heterocycles. The van der Waals surface area contributed by atoms with Crippen molar-refractivity contribution < 1.29 is 27.8 Å². The van der Waals surface area contributed by atoms with Gasteiger partial charge in [0.2, 0.25) is 5.91 Å². The molecule has 0 unspecified atom stereocenters. The number of nitrogens with two attached hydrogens (primary N) is 2. The number of benzene rings is 3. The van der Waals surface area contributed by atoms with E-state index < -0.39 is 29.2 Å². The fourth-order valence-electron chi connectivity index (χ4n) is 4.07. The van der Waals surface area contributed by atoms with Crippen molar-refractivity contribution in [1.29, 1.82) is 0 Å². The van der Waals surface area contributed by atoms with E-state index in [4.69, 9.17) is 32.9 Å². The SMILES string of the molecule is NC[C@@]1(c2ccccc2)Cc2c(cc(F)c(Cl)c2-c2cc(SC(F)(F)CO)ccc2C(N)=O)O1. The van der Waals surface area contributed by atoms with Crippen molar-refractivity contribution >= 4 is 29.3 Å². The molecule has 34 heavy (non-hydrogen) atoms. The van der Waals surface area contributed by atoms with Gasteiger partial charge in [-0.2, -0.15) is 8.78 Å². The number of aliphatic hydroxyl groups is 1. The summed E-state index contributed by atoms with van der Waals surface area (Å²) >= 11 is 6.47. The highest BCUT2D eigenvalue weighted by molar-refractivity contribution is 8.00. The fourth-order valence-corrected chi connectivity index (χ4v) is 5.06. The van der Waals surface area contributed by atoms with E-state index in [1.165, 1.54) is 18.2 Å². The summed E-state index contributed by atoms with van der Waals surface area (Å²) in [6.07, 6.45) is 0.195. The molecule has 3 aromatic carbocycles. The van der Waals surface area contributed by atoms with Gasteiger partial charge in [0.25, 0.3) is 0 Å². The highest BCUT2D eigenvalue weighted by atomic mass is 35.5. The number of alkyl halides is 2. The first-order valence-electron chi connectivity index (χ1n) is 10.2. The van der Waals surface area contributed by atoms with Crippen molar-refractivity contribution in [2.24, 2.45) is 11.5 Å². The van der Waals surface area contributed by atoms with Crippen LogP contribution in [-0.4, -0.2) is 29.4 Å². The summed E-state index contributed by atoms with van der Waals surface area (Å²) in [6.45, 7) is -1.32. The van der Waals surface area contributed by atoms with E-state index in [-0.39, 0.29) is 57.1 Å². The third-order valence-electron chi connectivity index (χ3n) is 5.66. The second kappa shape index (κ2) is 9.14. The lowest BCUT2D eigenvalue weighted by atomic mass is 9.85. The molecule has 3 aromatic rings. The van der Waals surface area contributed by atoms with Crippen LogP contribution in [0.2, 0.25) is 5.02 Å². The molecular weight excluding hydrogens is 489 g/mol. The standard InChI is InChI=1S/C24H20ClF3N2O3S/c25-21-18(26)9-19-17(10-23(11-29,33-19)13-4-2-1-3-5-13)20(21)16-8-14(34-24(27,28)12-31)6-7-15(16)22(30)32/h1-9,31H,10-12,29H2,(H2,30,32)/t23-/m1/s1. The van der Waals surface area contributed by atoms with Crippen molar-refractivity contribution in [2.75, 3.05) is 13.2 Å². The quantitative estimate of drug-likeness (QED) is 0.401. The number of ether oxygens (including phenoxy) is 1. The Balaban J connectivity index is 1.92. The average Bonchev–Trinajstić information content (AvgIpc) is 3.19. The van der Waals surface area contributed by atoms with Gasteiger partial charge in [-0.3, -0.25) is 4.79 Å². The van der Waals surface area contributed by atoms with Gasteiger partial charge in [-0.05, 0) is 41.1 Å². The summed E-state index contributed by atoms with van der Waals surface area (Å²) < 4.78 is 48.7. The predicted molar refractivity (Wildman–Crippen MR) is 125 cm³/mol. The molecule has 0 spiro atoms. The molecule has 0 saturated carbocycles. The lowest BCUT2D eigenvalue weighted by Crippen LogP contribution is -2.39. The van der Waals surface area contributed by atoms with Gasteiger partial charge in [0, 0.05) is 40.6 Å². The van der Waals surface area contributed by atoms with Gasteiger partial charge in [0.15, 0.2) is 5.60 Å². The zero-order chi connectivity index (χ0) is 24.7. The molecule has 0 saturated heterocycles. The first-order valence-corrected chi connectivity index (χ1v) is 11.4. The Kier molecular flexibility index (Phi) is 6.56. The highest BCUT2D eigenvalue weighted by Gasteiger charge is 2.43. The maximum Gasteiger partial charge on any atom is 0.320 e. The second-order valence-corrected chi connectivity index (χ2v) is 9.49. The van der Waals surface area contributed by atoms with Crippen molar-refractivity contribution in [3.8, 4) is 16.9 Å². The molecule has 0 bridgehead atoms. The molecule has 1 amide bonds. The molecule has 10 heteroatoms. The third-order valence-corrected chi connectivity index (χ3v) is 6.95. The van der Waals surface area contributed by atoms with Gasteiger partial charge in [0.05, 0.1) is 5.02 Å². The number of carbonyl (C=O) groups is 1. The average molecular weight is 509 g/mol. The topological polar surface area (TPSA) is 98.6 Å². The molecule has 0 radical (unpaired) electrons. The number of hydrogen-bond acceptors (Lipinski definition) is 5. The molecule has 0 fully saturated rings. The van der Waals surface area contributed by atoms with Crippen LogP contribution >= 0.6 is 23.4 Å². The molecule has 0 aliphatic carbocycles. The minimum Gasteiger partial charge on any atom is -0.480 e.